The lowest BCUT2D eigenvalue weighted by atomic mass is 9.99. The van der Waals surface area contributed by atoms with E-state index in [0.717, 1.165) is 32.5 Å². The van der Waals surface area contributed by atoms with E-state index in [9.17, 15) is 0 Å². The predicted molar refractivity (Wildman–Crippen MR) is 93.8 cm³/mol. The molecule has 0 saturated carbocycles. The van der Waals surface area contributed by atoms with Crippen LogP contribution in [0, 0.1) is 12.3 Å². The predicted octanol–water partition coefficient (Wildman–Crippen LogP) is 5.84. The van der Waals surface area contributed by atoms with E-state index in [1.165, 1.54) is 70.6 Å². The molecule has 128 valence electrons. The van der Waals surface area contributed by atoms with Gasteiger partial charge in [0.25, 0.3) is 0 Å². The highest BCUT2D eigenvalue weighted by Crippen LogP contribution is 2.31. The van der Waals surface area contributed by atoms with Gasteiger partial charge in [-0.1, -0.05) is 58.3 Å². The van der Waals surface area contributed by atoms with Crippen molar-refractivity contribution in [2.75, 3.05) is 13.2 Å². The summed E-state index contributed by atoms with van der Waals surface area (Å²) in [7, 11) is 0. The molecule has 1 aliphatic heterocycles. The van der Waals surface area contributed by atoms with Crippen molar-refractivity contribution in [3.63, 3.8) is 0 Å². The quantitative estimate of drug-likeness (QED) is 0.296. The van der Waals surface area contributed by atoms with E-state index in [4.69, 9.17) is 15.9 Å². The minimum absolute atomic E-state index is 0.240. The van der Waals surface area contributed by atoms with Crippen LogP contribution in [0.15, 0.2) is 0 Å². The first-order valence-corrected chi connectivity index (χ1v) is 9.54. The molecule has 0 aliphatic carbocycles. The van der Waals surface area contributed by atoms with Crippen molar-refractivity contribution >= 4 is 0 Å². The van der Waals surface area contributed by atoms with Gasteiger partial charge in [0, 0.05) is 19.3 Å². The van der Waals surface area contributed by atoms with Gasteiger partial charge in [-0.3, -0.25) is 0 Å². The summed E-state index contributed by atoms with van der Waals surface area (Å²) in [4.78, 5) is 0. The standard InChI is InChI=1S/C20H36O2/c1-3-5-7-9-10-11-13-15-17-20(21-18-19-22-20)16-14-12-8-6-4-2/h1H,4-19H2,2H3. The first-order chi connectivity index (χ1) is 10.8. The smallest absolute Gasteiger partial charge is 0.168 e. The highest BCUT2D eigenvalue weighted by molar-refractivity contribution is 4.82. The van der Waals surface area contributed by atoms with Gasteiger partial charge in [-0.2, -0.15) is 0 Å². The maximum Gasteiger partial charge on any atom is 0.168 e. The van der Waals surface area contributed by atoms with Crippen molar-refractivity contribution in [2.24, 2.45) is 0 Å². The Bertz CT molecular complexity index is 287. The first kappa shape index (κ1) is 19.5. The number of hydrogen-bond acceptors (Lipinski definition) is 2. The second-order valence-corrected chi connectivity index (χ2v) is 6.60. The number of hydrogen-bond donors (Lipinski definition) is 0. The average Bonchev–Trinajstić information content (AvgIpc) is 2.99. The number of rotatable bonds is 14. The molecule has 0 bridgehead atoms. The van der Waals surface area contributed by atoms with Gasteiger partial charge >= 0.3 is 0 Å². The molecule has 0 amide bonds. The molecular weight excluding hydrogens is 272 g/mol. The SMILES string of the molecule is C#CCCCCCCCCC1(CCCCCCC)OCCO1. The fraction of sp³-hybridized carbons (Fsp3) is 0.900. The largest absolute Gasteiger partial charge is 0.348 e. The maximum absolute atomic E-state index is 5.96. The zero-order valence-corrected chi connectivity index (χ0v) is 14.7. The van der Waals surface area contributed by atoms with Crippen LogP contribution in [0.5, 0.6) is 0 Å². The third-order valence-corrected chi connectivity index (χ3v) is 4.60. The van der Waals surface area contributed by atoms with Crippen molar-refractivity contribution in [1.29, 1.82) is 0 Å². The van der Waals surface area contributed by atoms with Crippen molar-refractivity contribution in [1.82, 2.24) is 0 Å². The molecule has 0 N–H and O–H groups in total. The van der Waals surface area contributed by atoms with Crippen molar-refractivity contribution in [3.8, 4) is 12.3 Å². The van der Waals surface area contributed by atoms with Crippen molar-refractivity contribution < 1.29 is 9.47 Å². The second-order valence-electron chi connectivity index (χ2n) is 6.60. The maximum atomic E-state index is 5.96. The Morgan fingerprint density at radius 2 is 1.27 bits per heavy atom. The Hall–Kier alpha value is -0.520. The van der Waals surface area contributed by atoms with Gasteiger partial charge in [0.2, 0.25) is 0 Å². The summed E-state index contributed by atoms with van der Waals surface area (Å²) in [5, 5.41) is 0. The Morgan fingerprint density at radius 1 is 0.773 bits per heavy atom. The van der Waals surface area contributed by atoms with E-state index in [0.29, 0.717) is 0 Å². The minimum Gasteiger partial charge on any atom is -0.348 e. The summed E-state index contributed by atoms with van der Waals surface area (Å²) in [6.45, 7) is 3.82. The number of unbranched alkanes of at least 4 members (excludes halogenated alkanes) is 10. The summed E-state index contributed by atoms with van der Waals surface area (Å²) in [5.74, 6) is 2.47. The van der Waals surface area contributed by atoms with Crippen LogP contribution < -0.4 is 0 Å². The van der Waals surface area contributed by atoms with E-state index in [1.807, 2.05) is 0 Å². The highest BCUT2D eigenvalue weighted by atomic mass is 16.7. The fourth-order valence-corrected chi connectivity index (χ4v) is 3.24. The van der Waals surface area contributed by atoms with Crippen LogP contribution in [0.1, 0.15) is 96.8 Å². The third kappa shape index (κ3) is 8.81. The molecule has 1 aliphatic rings. The number of terminal acetylenes is 1. The van der Waals surface area contributed by atoms with Gasteiger partial charge in [-0.05, 0) is 19.3 Å². The molecule has 0 aromatic carbocycles. The molecule has 0 aromatic rings. The van der Waals surface area contributed by atoms with Crippen LogP contribution in [0.3, 0.4) is 0 Å². The summed E-state index contributed by atoms with van der Waals surface area (Å²) in [5.41, 5.74) is 0. The summed E-state index contributed by atoms with van der Waals surface area (Å²) < 4.78 is 11.9. The zero-order chi connectivity index (χ0) is 15.9. The van der Waals surface area contributed by atoms with Crippen LogP contribution in [0.4, 0.5) is 0 Å². The first-order valence-electron chi connectivity index (χ1n) is 9.54. The third-order valence-electron chi connectivity index (χ3n) is 4.60. The number of ether oxygens (including phenoxy) is 2. The lowest BCUT2D eigenvalue weighted by molar-refractivity contribution is -0.168. The van der Waals surface area contributed by atoms with Gasteiger partial charge in [0.05, 0.1) is 13.2 Å². The molecule has 1 heterocycles. The molecule has 0 spiro atoms. The Morgan fingerprint density at radius 3 is 1.82 bits per heavy atom. The normalized spacial score (nSPS) is 16.7. The molecule has 0 atom stereocenters. The molecule has 22 heavy (non-hydrogen) atoms. The molecular formula is C20H36O2. The Kier molecular flexibility index (Phi) is 11.5. The van der Waals surface area contributed by atoms with Gasteiger partial charge in [0.1, 0.15) is 0 Å². The van der Waals surface area contributed by atoms with Crippen molar-refractivity contribution in [2.45, 2.75) is 103 Å². The van der Waals surface area contributed by atoms with E-state index < -0.39 is 0 Å². The summed E-state index contributed by atoms with van der Waals surface area (Å²) >= 11 is 0. The molecule has 1 saturated heterocycles. The molecule has 0 radical (unpaired) electrons. The van der Waals surface area contributed by atoms with E-state index in [2.05, 4.69) is 12.8 Å². The molecule has 1 rings (SSSR count). The Balaban J connectivity index is 2.06. The van der Waals surface area contributed by atoms with Crippen LogP contribution >= 0.6 is 0 Å². The van der Waals surface area contributed by atoms with E-state index >= 15 is 0 Å². The topological polar surface area (TPSA) is 18.5 Å². The molecule has 0 aromatic heterocycles. The van der Waals surface area contributed by atoms with Crippen LogP contribution in [-0.2, 0) is 9.47 Å². The van der Waals surface area contributed by atoms with Gasteiger partial charge in [-0.25, -0.2) is 0 Å². The van der Waals surface area contributed by atoms with E-state index in [-0.39, 0.29) is 5.79 Å². The zero-order valence-electron chi connectivity index (χ0n) is 14.7. The molecule has 2 heteroatoms. The summed E-state index contributed by atoms with van der Waals surface area (Å²) in [6.07, 6.45) is 22.5. The monoisotopic (exact) mass is 308 g/mol. The lowest BCUT2D eigenvalue weighted by Gasteiger charge is -2.27. The second kappa shape index (κ2) is 13.0. The molecule has 1 fully saturated rings. The van der Waals surface area contributed by atoms with Crippen LogP contribution in [0.25, 0.3) is 0 Å². The van der Waals surface area contributed by atoms with Gasteiger partial charge in [-0.15, -0.1) is 12.3 Å². The van der Waals surface area contributed by atoms with Crippen LogP contribution in [-0.4, -0.2) is 19.0 Å². The Labute approximate surface area is 138 Å². The van der Waals surface area contributed by atoms with Gasteiger partial charge in [0.15, 0.2) is 5.79 Å². The van der Waals surface area contributed by atoms with E-state index in [1.54, 1.807) is 0 Å². The highest BCUT2D eigenvalue weighted by Gasteiger charge is 2.34. The fourth-order valence-electron chi connectivity index (χ4n) is 3.24. The van der Waals surface area contributed by atoms with Gasteiger partial charge < -0.3 is 9.47 Å². The average molecular weight is 309 g/mol. The molecule has 2 nitrogen and oxygen atoms in total. The molecule has 0 unspecified atom stereocenters. The van der Waals surface area contributed by atoms with Crippen molar-refractivity contribution in [3.05, 3.63) is 0 Å². The lowest BCUT2D eigenvalue weighted by Crippen LogP contribution is -2.30. The van der Waals surface area contributed by atoms with Crippen LogP contribution in [0.2, 0.25) is 0 Å². The minimum atomic E-state index is -0.240. The summed E-state index contributed by atoms with van der Waals surface area (Å²) in [6, 6.07) is 0.